The first-order chi connectivity index (χ1) is 13.0. The fourth-order valence-corrected chi connectivity index (χ4v) is 2.97. The van der Waals surface area contributed by atoms with Gasteiger partial charge in [-0.15, -0.1) is 0 Å². The first-order valence-corrected chi connectivity index (χ1v) is 8.92. The molecule has 0 bridgehead atoms. The number of carboxylic acid groups (broad SMARTS) is 1. The lowest BCUT2D eigenvalue weighted by Crippen LogP contribution is -2.42. The molecule has 0 unspecified atom stereocenters. The number of aliphatic carboxylic acids is 1. The summed E-state index contributed by atoms with van der Waals surface area (Å²) in [4.78, 5) is 17.1. The first-order valence-electron chi connectivity index (χ1n) is 8.92. The Balaban J connectivity index is 0.00000280. The van der Waals surface area contributed by atoms with Gasteiger partial charge in [0, 0.05) is 25.6 Å². The zero-order valence-corrected chi connectivity index (χ0v) is 16.7. The number of carbonyl (C=O) groups is 1. The number of hydrogen-bond acceptors (Lipinski definition) is 5. The highest BCUT2D eigenvalue weighted by molar-refractivity contribution is 7.59. The molecule has 1 atom stereocenters. The molecule has 1 aliphatic rings. The molecule has 2 aromatic rings. The Kier molecular flexibility index (Phi) is 8.07. The van der Waals surface area contributed by atoms with E-state index in [-0.39, 0.29) is 38.4 Å². The maximum Gasteiger partial charge on any atom is 0.303 e. The van der Waals surface area contributed by atoms with Crippen LogP contribution in [0, 0.1) is 12.7 Å². The molecule has 152 valence electrons. The van der Waals surface area contributed by atoms with Crippen LogP contribution in [-0.4, -0.2) is 41.9 Å². The summed E-state index contributed by atoms with van der Waals surface area (Å²) in [5.74, 6) is -0.467. The SMILES string of the molecule is Cc1ccc(COc2cncc(N3CCO[C@@H](CCC(=O)O)C3)c2)cc1F.S. The van der Waals surface area contributed by atoms with E-state index in [9.17, 15) is 9.18 Å². The number of morpholine rings is 1. The van der Waals surface area contributed by atoms with Crippen molar-refractivity contribution in [1.29, 1.82) is 0 Å². The van der Waals surface area contributed by atoms with Crippen molar-refractivity contribution in [3.8, 4) is 5.75 Å². The van der Waals surface area contributed by atoms with E-state index in [0.717, 1.165) is 11.3 Å². The second-order valence-electron chi connectivity index (χ2n) is 6.62. The third-order valence-corrected chi connectivity index (χ3v) is 4.52. The van der Waals surface area contributed by atoms with Crippen molar-refractivity contribution in [3.63, 3.8) is 0 Å². The molecule has 1 aromatic carbocycles. The van der Waals surface area contributed by atoms with Gasteiger partial charge in [0.15, 0.2) is 0 Å². The van der Waals surface area contributed by atoms with E-state index in [1.165, 1.54) is 6.07 Å². The van der Waals surface area contributed by atoms with Crippen LogP contribution in [0.1, 0.15) is 24.0 Å². The second-order valence-corrected chi connectivity index (χ2v) is 6.62. The topological polar surface area (TPSA) is 71.9 Å². The third kappa shape index (κ3) is 6.10. The minimum Gasteiger partial charge on any atom is -0.487 e. The number of anilines is 1. The molecule has 6 nitrogen and oxygen atoms in total. The summed E-state index contributed by atoms with van der Waals surface area (Å²) in [6, 6.07) is 6.93. The Hall–Kier alpha value is -2.32. The average molecular weight is 408 g/mol. The number of hydrogen-bond donors (Lipinski definition) is 1. The van der Waals surface area contributed by atoms with Crippen LogP contribution in [-0.2, 0) is 16.1 Å². The molecule has 28 heavy (non-hydrogen) atoms. The second kappa shape index (κ2) is 10.3. The Bertz CT molecular complexity index is 806. The molecule has 0 amide bonds. The fraction of sp³-hybridized carbons (Fsp3) is 0.400. The zero-order valence-electron chi connectivity index (χ0n) is 15.7. The van der Waals surface area contributed by atoms with Gasteiger partial charge in [-0.05, 0) is 30.5 Å². The molecule has 1 aliphatic heterocycles. The normalized spacial score (nSPS) is 16.4. The van der Waals surface area contributed by atoms with E-state index in [1.54, 1.807) is 25.4 Å². The number of rotatable bonds is 7. The minimum absolute atomic E-state index is 0. The molecule has 0 saturated carbocycles. The van der Waals surface area contributed by atoms with E-state index in [4.69, 9.17) is 14.6 Å². The molecule has 1 fully saturated rings. The van der Waals surface area contributed by atoms with Crippen LogP contribution in [0.25, 0.3) is 0 Å². The highest BCUT2D eigenvalue weighted by Crippen LogP contribution is 2.23. The molecule has 1 saturated heterocycles. The number of halogens is 1. The Labute approximate surface area is 170 Å². The molecule has 2 heterocycles. The first kappa shape index (κ1) is 22.0. The van der Waals surface area contributed by atoms with Gasteiger partial charge in [0.25, 0.3) is 0 Å². The number of pyridine rings is 1. The highest BCUT2D eigenvalue weighted by Gasteiger charge is 2.22. The van der Waals surface area contributed by atoms with Gasteiger partial charge in [0.2, 0.25) is 0 Å². The quantitative estimate of drug-likeness (QED) is 0.758. The van der Waals surface area contributed by atoms with Crippen LogP contribution < -0.4 is 9.64 Å². The average Bonchev–Trinajstić information content (AvgIpc) is 2.68. The summed E-state index contributed by atoms with van der Waals surface area (Å²) >= 11 is 0. The monoisotopic (exact) mass is 408 g/mol. The Morgan fingerprint density at radius 1 is 1.39 bits per heavy atom. The maximum atomic E-state index is 13.6. The van der Waals surface area contributed by atoms with Crippen molar-refractivity contribution in [2.24, 2.45) is 0 Å². The standard InChI is InChI=1S/C20H23FN2O4.H2S/c1-14-2-3-15(8-19(14)21)13-27-18-9-16(10-22-11-18)23-6-7-26-17(12-23)4-5-20(24)25;/h2-3,8-11,17H,4-7,12-13H2,1H3,(H,24,25);1H2/t17-;/m0./s1. The van der Waals surface area contributed by atoms with Crippen LogP contribution in [0.4, 0.5) is 10.1 Å². The predicted octanol–water partition coefficient (Wildman–Crippen LogP) is 3.29. The maximum absolute atomic E-state index is 13.6. The van der Waals surface area contributed by atoms with Gasteiger partial charge in [-0.3, -0.25) is 9.78 Å². The van der Waals surface area contributed by atoms with Gasteiger partial charge in [0.1, 0.15) is 18.2 Å². The highest BCUT2D eigenvalue weighted by atomic mass is 32.1. The summed E-state index contributed by atoms with van der Waals surface area (Å²) in [6.07, 6.45) is 3.82. The van der Waals surface area contributed by atoms with E-state index < -0.39 is 5.97 Å². The number of benzene rings is 1. The van der Waals surface area contributed by atoms with Crippen molar-refractivity contribution in [3.05, 3.63) is 53.6 Å². The van der Waals surface area contributed by atoms with Crippen LogP contribution in [0.2, 0.25) is 0 Å². The lowest BCUT2D eigenvalue weighted by Gasteiger charge is -2.34. The molecule has 8 heteroatoms. The Morgan fingerprint density at radius 2 is 2.21 bits per heavy atom. The summed E-state index contributed by atoms with van der Waals surface area (Å²) in [6.45, 7) is 3.84. The number of aromatic nitrogens is 1. The molecule has 1 aromatic heterocycles. The van der Waals surface area contributed by atoms with Crippen molar-refractivity contribution in [1.82, 2.24) is 4.98 Å². The largest absolute Gasteiger partial charge is 0.487 e. The number of carboxylic acids is 1. The van der Waals surface area contributed by atoms with Crippen molar-refractivity contribution in [2.45, 2.75) is 32.5 Å². The van der Waals surface area contributed by atoms with E-state index in [1.807, 2.05) is 12.1 Å². The van der Waals surface area contributed by atoms with Gasteiger partial charge in [-0.1, -0.05) is 12.1 Å². The van der Waals surface area contributed by atoms with Crippen LogP contribution in [0.5, 0.6) is 5.75 Å². The molecular formula is C20H25FN2O4S. The molecule has 1 N–H and O–H groups in total. The lowest BCUT2D eigenvalue weighted by atomic mass is 10.1. The predicted molar refractivity (Wildman–Crippen MR) is 109 cm³/mol. The number of ether oxygens (including phenoxy) is 2. The molecular weight excluding hydrogens is 383 g/mol. The molecule has 0 aliphatic carbocycles. The van der Waals surface area contributed by atoms with E-state index in [0.29, 0.717) is 37.4 Å². The van der Waals surface area contributed by atoms with Crippen LogP contribution >= 0.6 is 13.5 Å². The third-order valence-electron chi connectivity index (χ3n) is 4.52. The minimum atomic E-state index is -0.819. The number of nitrogens with zero attached hydrogens (tertiary/aromatic N) is 2. The smallest absolute Gasteiger partial charge is 0.303 e. The Morgan fingerprint density at radius 3 is 2.96 bits per heavy atom. The van der Waals surface area contributed by atoms with Crippen LogP contribution in [0.3, 0.4) is 0 Å². The summed E-state index contributed by atoms with van der Waals surface area (Å²) in [7, 11) is 0. The van der Waals surface area contributed by atoms with E-state index >= 15 is 0 Å². The van der Waals surface area contributed by atoms with Gasteiger partial charge >= 0.3 is 5.97 Å². The van der Waals surface area contributed by atoms with Crippen molar-refractivity contribution >= 4 is 25.2 Å². The summed E-state index contributed by atoms with van der Waals surface area (Å²) < 4.78 is 25.0. The zero-order chi connectivity index (χ0) is 19.2. The van der Waals surface area contributed by atoms with Crippen LogP contribution in [0.15, 0.2) is 36.7 Å². The van der Waals surface area contributed by atoms with Crippen molar-refractivity contribution < 1.29 is 23.8 Å². The van der Waals surface area contributed by atoms with Gasteiger partial charge in [-0.25, -0.2) is 4.39 Å². The summed E-state index contributed by atoms with van der Waals surface area (Å²) in [5.41, 5.74) is 2.25. The molecule has 0 radical (unpaired) electrons. The number of aryl methyl sites for hydroxylation is 1. The van der Waals surface area contributed by atoms with Crippen molar-refractivity contribution in [2.75, 3.05) is 24.6 Å². The fourth-order valence-electron chi connectivity index (χ4n) is 2.97. The lowest BCUT2D eigenvalue weighted by molar-refractivity contribution is -0.137. The summed E-state index contributed by atoms with van der Waals surface area (Å²) in [5, 5.41) is 8.83. The van der Waals surface area contributed by atoms with Gasteiger partial charge in [0.05, 0.1) is 30.8 Å². The van der Waals surface area contributed by atoms with Gasteiger partial charge in [-0.2, -0.15) is 13.5 Å². The van der Waals surface area contributed by atoms with Gasteiger partial charge < -0.3 is 19.5 Å². The molecule has 0 spiro atoms. The van der Waals surface area contributed by atoms with E-state index in [2.05, 4.69) is 9.88 Å². The molecule has 3 rings (SSSR count).